The molecular weight excluding hydrogens is 192 g/mol. The lowest BCUT2D eigenvalue weighted by molar-refractivity contribution is -0.0615. The SMILES string of the molecule is CCCCCC1C2CCC1(CCCC)C2C. The Bertz CT molecular complexity index is 220. The third-order valence-corrected chi connectivity index (χ3v) is 5.86. The predicted molar refractivity (Wildman–Crippen MR) is 71.5 cm³/mol. The maximum absolute atomic E-state index is 2.55. The average molecular weight is 222 g/mol. The minimum absolute atomic E-state index is 0.814. The maximum Gasteiger partial charge on any atom is -0.0238 e. The molecule has 4 unspecified atom stereocenters. The van der Waals surface area contributed by atoms with Gasteiger partial charge in [0.1, 0.15) is 0 Å². The van der Waals surface area contributed by atoms with Crippen LogP contribution in [-0.4, -0.2) is 0 Å². The van der Waals surface area contributed by atoms with Crippen LogP contribution in [0.5, 0.6) is 0 Å². The van der Waals surface area contributed by atoms with Gasteiger partial charge in [0.25, 0.3) is 0 Å². The molecule has 3 saturated carbocycles. The third-order valence-electron chi connectivity index (χ3n) is 5.86. The maximum atomic E-state index is 2.55. The zero-order valence-electron chi connectivity index (χ0n) is 11.6. The average Bonchev–Trinajstić information content (AvgIpc) is 2.82. The van der Waals surface area contributed by atoms with Gasteiger partial charge < -0.3 is 0 Å². The number of rotatable bonds is 7. The van der Waals surface area contributed by atoms with Crippen LogP contribution >= 0.6 is 0 Å². The first-order chi connectivity index (χ1) is 7.76. The second-order valence-corrected chi connectivity index (χ2v) is 6.43. The molecule has 0 radical (unpaired) electrons. The van der Waals surface area contributed by atoms with E-state index in [0.717, 1.165) is 23.2 Å². The van der Waals surface area contributed by atoms with Gasteiger partial charge in [0.05, 0.1) is 0 Å². The largest absolute Gasteiger partial charge is 0.0654 e. The Morgan fingerprint density at radius 1 is 1.06 bits per heavy atom. The van der Waals surface area contributed by atoms with E-state index < -0.39 is 0 Å². The fraction of sp³-hybridized carbons (Fsp3) is 1.00. The molecule has 0 heterocycles. The van der Waals surface area contributed by atoms with Gasteiger partial charge in [-0.2, -0.15) is 0 Å². The Kier molecular flexibility index (Phi) is 3.97. The number of hydrogen-bond acceptors (Lipinski definition) is 0. The molecule has 0 amide bonds. The summed E-state index contributed by atoms with van der Waals surface area (Å²) in [5.41, 5.74) is 0.814. The highest BCUT2D eigenvalue weighted by molar-refractivity contribution is 5.11. The molecule has 0 spiro atoms. The molecule has 0 saturated heterocycles. The molecule has 0 aromatic heterocycles. The molecule has 0 aromatic carbocycles. The van der Waals surface area contributed by atoms with Gasteiger partial charge in [0.15, 0.2) is 0 Å². The van der Waals surface area contributed by atoms with Crippen molar-refractivity contribution < 1.29 is 0 Å². The molecule has 3 aliphatic rings. The molecule has 94 valence electrons. The Labute approximate surface area is 102 Å². The van der Waals surface area contributed by atoms with Crippen LogP contribution in [0.2, 0.25) is 0 Å². The van der Waals surface area contributed by atoms with Crippen LogP contribution in [0, 0.1) is 23.2 Å². The first-order valence-corrected chi connectivity index (χ1v) is 7.76. The van der Waals surface area contributed by atoms with E-state index in [0.29, 0.717) is 0 Å². The molecule has 3 aliphatic carbocycles. The standard InChI is InChI=1S/C16H30/c1-4-6-8-9-15-14-10-12-16(15,13(14)3)11-7-5-2/h13-15H,4-12H2,1-3H3. The van der Waals surface area contributed by atoms with E-state index in [1.165, 1.54) is 38.5 Å². The normalized spacial score (nSPS) is 41.1. The predicted octanol–water partition coefficient (Wildman–Crippen LogP) is 5.42. The van der Waals surface area contributed by atoms with E-state index >= 15 is 0 Å². The Morgan fingerprint density at radius 3 is 2.44 bits per heavy atom. The molecule has 2 bridgehead atoms. The van der Waals surface area contributed by atoms with Crippen molar-refractivity contribution in [1.82, 2.24) is 0 Å². The topological polar surface area (TPSA) is 0 Å². The molecule has 3 fully saturated rings. The fourth-order valence-corrected chi connectivity index (χ4v) is 4.88. The number of hydrogen-bond donors (Lipinski definition) is 0. The first kappa shape index (κ1) is 12.5. The minimum atomic E-state index is 0.814. The van der Waals surface area contributed by atoms with Crippen LogP contribution in [0.25, 0.3) is 0 Å². The van der Waals surface area contributed by atoms with Gasteiger partial charge in [-0.15, -0.1) is 0 Å². The smallest absolute Gasteiger partial charge is 0.0238 e. The van der Waals surface area contributed by atoms with Crippen molar-refractivity contribution in [2.24, 2.45) is 23.2 Å². The number of unbranched alkanes of at least 4 members (excludes halogenated alkanes) is 3. The lowest BCUT2D eigenvalue weighted by Gasteiger charge is -2.54. The van der Waals surface area contributed by atoms with Crippen LogP contribution in [-0.2, 0) is 0 Å². The van der Waals surface area contributed by atoms with Gasteiger partial charge in [-0.05, 0) is 48.9 Å². The molecule has 16 heavy (non-hydrogen) atoms. The Balaban J connectivity index is 1.88. The van der Waals surface area contributed by atoms with Crippen molar-refractivity contribution in [3.63, 3.8) is 0 Å². The minimum Gasteiger partial charge on any atom is -0.0654 e. The van der Waals surface area contributed by atoms with E-state index in [-0.39, 0.29) is 0 Å². The lowest BCUT2D eigenvalue weighted by atomic mass is 9.50. The highest BCUT2D eigenvalue weighted by Gasteiger charge is 2.62. The molecule has 3 rings (SSSR count). The van der Waals surface area contributed by atoms with E-state index in [1.54, 1.807) is 19.3 Å². The van der Waals surface area contributed by atoms with Gasteiger partial charge in [-0.25, -0.2) is 0 Å². The van der Waals surface area contributed by atoms with Crippen LogP contribution in [0.4, 0.5) is 0 Å². The van der Waals surface area contributed by atoms with Gasteiger partial charge in [-0.3, -0.25) is 0 Å². The fourth-order valence-electron chi connectivity index (χ4n) is 4.88. The van der Waals surface area contributed by atoms with Crippen LogP contribution in [0.1, 0.15) is 78.6 Å². The summed E-state index contributed by atoms with van der Waals surface area (Å²) in [4.78, 5) is 0. The van der Waals surface area contributed by atoms with Crippen LogP contribution < -0.4 is 0 Å². The zero-order chi connectivity index (χ0) is 11.6. The van der Waals surface area contributed by atoms with E-state index in [1.807, 2.05) is 0 Å². The highest BCUT2D eigenvalue weighted by Crippen LogP contribution is 2.70. The van der Waals surface area contributed by atoms with E-state index in [4.69, 9.17) is 0 Å². The van der Waals surface area contributed by atoms with Gasteiger partial charge in [-0.1, -0.05) is 52.9 Å². The second-order valence-electron chi connectivity index (χ2n) is 6.43. The first-order valence-electron chi connectivity index (χ1n) is 7.76. The van der Waals surface area contributed by atoms with Crippen LogP contribution in [0.15, 0.2) is 0 Å². The monoisotopic (exact) mass is 222 g/mol. The summed E-state index contributed by atoms with van der Waals surface area (Å²) < 4.78 is 0. The molecule has 0 N–H and O–H groups in total. The summed E-state index contributed by atoms with van der Waals surface area (Å²) in [5, 5.41) is 0. The summed E-state index contributed by atoms with van der Waals surface area (Å²) >= 11 is 0. The molecular formula is C16H30. The van der Waals surface area contributed by atoms with Gasteiger partial charge in [0.2, 0.25) is 0 Å². The molecule has 0 aromatic rings. The van der Waals surface area contributed by atoms with Crippen molar-refractivity contribution in [1.29, 1.82) is 0 Å². The third kappa shape index (κ3) is 1.83. The van der Waals surface area contributed by atoms with Crippen molar-refractivity contribution in [3.05, 3.63) is 0 Å². The lowest BCUT2D eigenvalue weighted by Crippen LogP contribution is -2.48. The molecule has 0 nitrogen and oxygen atoms in total. The van der Waals surface area contributed by atoms with Gasteiger partial charge >= 0.3 is 0 Å². The summed E-state index contributed by atoms with van der Waals surface area (Å²) in [6, 6.07) is 0. The molecule has 0 aliphatic heterocycles. The molecule has 0 heteroatoms. The number of fused-ring (bicyclic) bond motifs is 1. The quantitative estimate of drug-likeness (QED) is 0.505. The van der Waals surface area contributed by atoms with Gasteiger partial charge in [0, 0.05) is 0 Å². The highest BCUT2D eigenvalue weighted by atomic mass is 14.7. The van der Waals surface area contributed by atoms with Crippen molar-refractivity contribution in [2.45, 2.75) is 78.6 Å². The van der Waals surface area contributed by atoms with E-state index in [9.17, 15) is 0 Å². The van der Waals surface area contributed by atoms with Crippen molar-refractivity contribution in [2.75, 3.05) is 0 Å². The Hall–Kier alpha value is 0. The summed E-state index contributed by atoms with van der Waals surface area (Å²) in [7, 11) is 0. The second kappa shape index (κ2) is 5.10. The Morgan fingerprint density at radius 2 is 1.81 bits per heavy atom. The summed E-state index contributed by atoms with van der Waals surface area (Å²) in [6.07, 6.45) is 13.4. The molecule has 4 atom stereocenters. The van der Waals surface area contributed by atoms with Crippen LogP contribution in [0.3, 0.4) is 0 Å². The summed E-state index contributed by atoms with van der Waals surface area (Å²) in [6.45, 7) is 7.22. The van der Waals surface area contributed by atoms with Crippen molar-refractivity contribution in [3.8, 4) is 0 Å². The van der Waals surface area contributed by atoms with Crippen molar-refractivity contribution >= 4 is 0 Å². The van der Waals surface area contributed by atoms with E-state index in [2.05, 4.69) is 20.8 Å². The summed E-state index contributed by atoms with van der Waals surface area (Å²) in [5.74, 6) is 3.31. The zero-order valence-corrected chi connectivity index (χ0v) is 11.6.